The van der Waals surface area contributed by atoms with E-state index < -0.39 is 10.0 Å². The Bertz CT molecular complexity index is 758. The first-order valence-corrected chi connectivity index (χ1v) is 9.30. The van der Waals surface area contributed by atoms with Crippen LogP contribution < -0.4 is 9.46 Å². The Kier molecular flexibility index (Phi) is 5.91. The molecular formula is C17H20ClNO3S. The summed E-state index contributed by atoms with van der Waals surface area (Å²) in [6.45, 7) is 1.89. The molecule has 0 unspecified atom stereocenters. The third kappa shape index (κ3) is 4.62. The van der Waals surface area contributed by atoms with Crippen LogP contribution in [0.1, 0.15) is 17.5 Å². The fraction of sp³-hybridized carbons (Fsp3) is 0.294. The first kappa shape index (κ1) is 17.6. The number of aryl methyl sites for hydroxylation is 2. The SMILES string of the molecule is COc1ccc(C)cc1NS(=O)(=O)c1ccc(CCCCl)cc1. The monoisotopic (exact) mass is 353 g/mol. The summed E-state index contributed by atoms with van der Waals surface area (Å²) >= 11 is 5.67. The Morgan fingerprint density at radius 3 is 2.43 bits per heavy atom. The summed E-state index contributed by atoms with van der Waals surface area (Å²) in [5.41, 5.74) is 2.44. The molecule has 0 saturated heterocycles. The Morgan fingerprint density at radius 2 is 1.83 bits per heavy atom. The van der Waals surface area contributed by atoms with E-state index in [9.17, 15) is 8.42 Å². The lowest BCUT2D eigenvalue weighted by Crippen LogP contribution is -2.13. The smallest absolute Gasteiger partial charge is 0.262 e. The van der Waals surface area contributed by atoms with Crippen molar-refractivity contribution in [3.63, 3.8) is 0 Å². The number of halogens is 1. The van der Waals surface area contributed by atoms with E-state index in [1.807, 2.05) is 25.1 Å². The molecule has 2 aromatic carbocycles. The second-order valence-corrected chi connectivity index (χ2v) is 7.31. The van der Waals surface area contributed by atoms with Gasteiger partial charge in [-0.15, -0.1) is 11.6 Å². The van der Waals surface area contributed by atoms with Crippen LogP contribution in [0.5, 0.6) is 5.75 Å². The maximum atomic E-state index is 12.5. The zero-order valence-corrected chi connectivity index (χ0v) is 14.7. The minimum atomic E-state index is -3.66. The number of rotatable bonds is 7. The predicted molar refractivity (Wildman–Crippen MR) is 94.0 cm³/mol. The zero-order chi connectivity index (χ0) is 16.9. The molecule has 0 atom stereocenters. The molecule has 0 bridgehead atoms. The number of anilines is 1. The van der Waals surface area contributed by atoms with Crippen molar-refractivity contribution in [2.24, 2.45) is 0 Å². The van der Waals surface area contributed by atoms with Crippen LogP contribution in [0.2, 0.25) is 0 Å². The van der Waals surface area contributed by atoms with Gasteiger partial charge in [0.05, 0.1) is 17.7 Å². The molecule has 6 heteroatoms. The highest BCUT2D eigenvalue weighted by molar-refractivity contribution is 7.92. The molecule has 2 rings (SSSR count). The van der Waals surface area contributed by atoms with E-state index in [4.69, 9.17) is 16.3 Å². The molecule has 23 heavy (non-hydrogen) atoms. The maximum absolute atomic E-state index is 12.5. The van der Waals surface area contributed by atoms with Crippen molar-refractivity contribution in [3.8, 4) is 5.75 Å². The third-order valence-corrected chi connectivity index (χ3v) is 5.08. The molecule has 0 aliphatic carbocycles. The lowest BCUT2D eigenvalue weighted by Gasteiger charge is -2.13. The maximum Gasteiger partial charge on any atom is 0.262 e. The van der Waals surface area contributed by atoms with Crippen molar-refractivity contribution in [2.75, 3.05) is 17.7 Å². The number of alkyl halides is 1. The molecule has 0 radical (unpaired) electrons. The third-order valence-electron chi connectivity index (χ3n) is 3.43. The summed E-state index contributed by atoms with van der Waals surface area (Å²) in [5, 5.41) is 0. The summed E-state index contributed by atoms with van der Waals surface area (Å²) in [7, 11) is -2.15. The number of hydrogen-bond acceptors (Lipinski definition) is 3. The Balaban J connectivity index is 2.23. The quantitative estimate of drug-likeness (QED) is 0.766. The summed E-state index contributed by atoms with van der Waals surface area (Å²) in [6, 6.07) is 12.2. The first-order chi connectivity index (χ1) is 11.0. The normalized spacial score (nSPS) is 11.3. The molecule has 0 amide bonds. The van der Waals surface area contributed by atoms with Gasteiger partial charge in [-0.3, -0.25) is 4.72 Å². The number of methoxy groups -OCH3 is 1. The average Bonchev–Trinajstić information content (AvgIpc) is 2.53. The number of hydrogen-bond donors (Lipinski definition) is 1. The van der Waals surface area contributed by atoms with E-state index in [0.29, 0.717) is 17.3 Å². The fourth-order valence-electron chi connectivity index (χ4n) is 2.21. The molecule has 2 aromatic rings. The highest BCUT2D eigenvalue weighted by atomic mass is 35.5. The molecule has 0 saturated carbocycles. The second-order valence-electron chi connectivity index (χ2n) is 5.25. The van der Waals surface area contributed by atoms with Crippen LogP contribution in [0.25, 0.3) is 0 Å². The van der Waals surface area contributed by atoms with E-state index in [2.05, 4.69) is 4.72 Å². The minimum absolute atomic E-state index is 0.218. The van der Waals surface area contributed by atoms with Crippen LogP contribution in [0, 0.1) is 6.92 Å². The average molecular weight is 354 g/mol. The summed E-state index contributed by atoms with van der Waals surface area (Å²) in [5.74, 6) is 1.08. The molecule has 0 aliphatic heterocycles. The molecule has 0 fully saturated rings. The van der Waals surface area contributed by atoms with Gasteiger partial charge in [-0.2, -0.15) is 0 Å². The number of nitrogens with one attached hydrogen (secondary N) is 1. The summed E-state index contributed by atoms with van der Waals surface area (Å²) in [4.78, 5) is 0.218. The molecule has 0 heterocycles. The second kappa shape index (κ2) is 7.70. The highest BCUT2D eigenvalue weighted by Crippen LogP contribution is 2.27. The molecule has 0 aromatic heterocycles. The van der Waals surface area contributed by atoms with Crippen molar-refractivity contribution in [2.45, 2.75) is 24.7 Å². The molecule has 4 nitrogen and oxygen atoms in total. The molecule has 0 spiro atoms. The van der Waals surface area contributed by atoms with E-state index in [0.717, 1.165) is 24.0 Å². The molecule has 124 valence electrons. The summed E-state index contributed by atoms with van der Waals surface area (Å²) in [6.07, 6.45) is 1.70. The Labute approximate surface area is 142 Å². The van der Waals surface area contributed by atoms with Crippen LogP contribution in [0.4, 0.5) is 5.69 Å². The van der Waals surface area contributed by atoms with Gasteiger partial charge in [-0.1, -0.05) is 18.2 Å². The molecule has 1 N–H and O–H groups in total. The van der Waals surface area contributed by atoms with Gasteiger partial charge in [0.2, 0.25) is 0 Å². The zero-order valence-electron chi connectivity index (χ0n) is 13.2. The van der Waals surface area contributed by atoms with Crippen molar-refractivity contribution in [1.82, 2.24) is 0 Å². The van der Waals surface area contributed by atoms with Crippen LogP contribution in [-0.4, -0.2) is 21.4 Å². The van der Waals surface area contributed by atoms with Gasteiger partial charge >= 0.3 is 0 Å². The van der Waals surface area contributed by atoms with E-state index in [1.54, 1.807) is 24.3 Å². The van der Waals surface area contributed by atoms with E-state index >= 15 is 0 Å². The van der Waals surface area contributed by atoms with Crippen LogP contribution in [0.15, 0.2) is 47.4 Å². The van der Waals surface area contributed by atoms with Gasteiger partial charge in [-0.05, 0) is 55.2 Å². The van der Waals surface area contributed by atoms with Crippen molar-refractivity contribution >= 4 is 27.3 Å². The van der Waals surface area contributed by atoms with Gasteiger partial charge in [-0.25, -0.2) is 8.42 Å². The van der Waals surface area contributed by atoms with Gasteiger partial charge in [0, 0.05) is 5.88 Å². The molecule has 0 aliphatic rings. The van der Waals surface area contributed by atoms with Crippen molar-refractivity contribution < 1.29 is 13.2 Å². The standard InChI is InChI=1S/C17H20ClNO3S/c1-13-5-10-17(22-2)16(12-13)19-23(20,21)15-8-6-14(7-9-15)4-3-11-18/h5-10,12,19H,3-4,11H2,1-2H3. The minimum Gasteiger partial charge on any atom is -0.495 e. The van der Waals surface area contributed by atoms with Crippen LogP contribution in [-0.2, 0) is 16.4 Å². The molecular weight excluding hydrogens is 334 g/mol. The van der Waals surface area contributed by atoms with Crippen molar-refractivity contribution in [1.29, 1.82) is 0 Å². The largest absolute Gasteiger partial charge is 0.495 e. The first-order valence-electron chi connectivity index (χ1n) is 7.28. The van der Waals surface area contributed by atoms with Crippen LogP contribution >= 0.6 is 11.6 Å². The lowest BCUT2D eigenvalue weighted by atomic mass is 10.1. The van der Waals surface area contributed by atoms with E-state index in [1.165, 1.54) is 7.11 Å². The Hall–Kier alpha value is -1.72. The highest BCUT2D eigenvalue weighted by Gasteiger charge is 2.16. The van der Waals surface area contributed by atoms with Gasteiger partial charge in [0.25, 0.3) is 10.0 Å². The lowest BCUT2D eigenvalue weighted by molar-refractivity contribution is 0.417. The summed E-state index contributed by atoms with van der Waals surface area (Å²) < 4.78 is 32.8. The Morgan fingerprint density at radius 1 is 1.13 bits per heavy atom. The topological polar surface area (TPSA) is 55.4 Å². The fourth-order valence-corrected chi connectivity index (χ4v) is 3.41. The predicted octanol–water partition coefficient (Wildman–Crippen LogP) is 3.98. The number of ether oxygens (including phenoxy) is 1. The van der Waals surface area contributed by atoms with Crippen LogP contribution in [0.3, 0.4) is 0 Å². The van der Waals surface area contributed by atoms with Crippen molar-refractivity contribution in [3.05, 3.63) is 53.6 Å². The van der Waals surface area contributed by atoms with Gasteiger partial charge in [0.15, 0.2) is 0 Å². The number of benzene rings is 2. The number of sulfonamides is 1. The van der Waals surface area contributed by atoms with E-state index in [-0.39, 0.29) is 4.90 Å². The van der Waals surface area contributed by atoms with Gasteiger partial charge in [0.1, 0.15) is 5.75 Å². The van der Waals surface area contributed by atoms with Gasteiger partial charge < -0.3 is 4.74 Å².